The van der Waals surface area contributed by atoms with Crippen molar-refractivity contribution in [2.75, 3.05) is 26.2 Å². The molecule has 6 heteroatoms. The molecule has 5 nitrogen and oxygen atoms in total. The van der Waals surface area contributed by atoms with Crippen molar-refractivity contribution in [2.24, 2.45) is 0 Å². The van der Waals surface area contributed by atoms with E-state index in [1.165, 1.54) is 11.3 Å². The Morgan fingerprint density at radius 2 is 2.27 bits per heavy atom. The average molecular weight is 317 g/mol. The van der Waals surface area contributed by atoms with Crippen LogP contribution in [0.25, 0.3) is 11.3 Å². The van der Waals surface area contributed by atoms with E-state index >= 15 is 0 Å². The van der Waals surface area contributed by atoms with Crippen LogP contribution in [0.5, 0.6) is 0 Å². The summed E-state index contributed by atoms with van der Waals surface area (Å²) in [5.74, 6) is -0.139. The zero-order valence-electron chi connectivity index (χ0n) is 12.2. The fraction of sp³-hybridized carbons (Fsp3) is 0.375. The number of ether oxygens (including phenoxy) is 1. The summed E-state index contributed by atoms with van der Waals surface area (Å²) < 4.78 is 5.67. The number of carbonyl (C=O) groups is 1. The van der Waals surface area contributed by atoms with E-state index in [0.717, 1.165) is 37.4 Å². The third kappa shape index (κ3) is 3.91. The first-order chi connectivity index (χ1) is 10.8. The van der Waals surface area contributed by atoms with Gasteiger partial charge in [0.1, 0.15) is 0 Å². The van der Waals surface area contributed by atoms with Crippen molar-refractivity contribution in [3.8, 4) is 11.3 Å². The molecule has 0 aliphatic carbocycles. The Balaban J connectivity index is 1.57. The van der Waals surface area contributed by atoms with Gasteiger partial charge in [-0.05, 0) is 13.0 Å². The Morgan fingerprint density at radius 3 is 3.14 bits per heavy atom. The molecule has 1 atom stereocenters. The second kappa shape index (κ2) is 7.49. The van der Waals surface area contributed by atoms with E-state index in [1.54, 1.807) is 0 Å². The molecule has 1 aliphatic heterocycles. The van der Waals surface area contributed by atoms with Gasteiger partial charge in [-0.1, -0.05) is 30.3 Å². The highest BCUT2D eigenvalue weighted by molar-refractivity contribution is 7.12. The summed E-state index contributed by atoms with van der Waals surface area (Å²) in [7, 11) is 0. The number of nitrogens with one attached hydrogen (secondary N) is 2. The van der Waals surface area contributed by atoms with E-state index in [9.17, 15) is 4.79 Å². The van der Waals surface area contributed by atoms with Crippen LogP contribution >= 0.6 is 11.3 Å². The highest BCUT2D eigenvalue weighted by Crippen LogP contribution is 2.21. The average Bonchev–Trinajstić information content (AvgIpc) is 2.91. The van der Waals surface area contributed by atoms with Crippen molar-refractivity contribution < 1.29 is 9.53 Å². The smallest absolute Gasteiger partial charge is 0.280 e. The van der Waals surface area contributed by atoms with Crippen LogP contribution in [0.3, 0.4) is 0 Å². The lowest BCUT2D eigenvalue weighted by molar-refractivity contribution is 0.0626. The highest BCUT2D eigenvalue weighted by atomic mass is 32.1. The summed E-state index contributed by atoms with van der Waals surface area (Å²) >= 11 is 1.36. The molecule has 2 heterocycles. The Kier molecular flexibility index (Phi) is 5.15. The quantitative estimate of drug-likeness (QED) is 0.904. The van der Waals surface area contributed by atoms with Gasteiger partial charge in [0, 0.05) is 30.6 Å². The van der Waals surface area contributed by atoms with E-state index in [1.807, 2.05) is 35.7 Å². The van der Waals surface area contributed by atoms with Crippen LogP contribution in [0.1, 0.15) is 16.2 Å². The number of nitrogens with zero attached hydrogens (tertiary/aromatic N) is 1. The molecule has 0 bridgehead atoms. The monoisotopic (exact) mass is 317 g/mol. The first kappa shape index (κ1) is 15.1. The van der Waals surface area contributed by atoms with Crippen molar-refractivity contribution in [3.63, 3.8) is 0 Å². The summed E-state index contributed by atoms with van der Waals surface area (Å²) in [4.78, 5) is 16.6. The second-order valence-electron chi connectivity index (χ2n) is 5.16. The Morgan fingerprint density at radius 1 is 1.41 bits per heavy atom. The topological polar surface area (TPSA) is 63.2 Å². The first-order valence-electron chi connectivity index (χ1n) is 7.44. The number of amides is 1. The van der Waals surface area contributed by atoms with Gasteiger partial charge in [-0.3, -0.25) is 4.79 Å². The molecule has 0 spiro atoms. The molecule has 22 heavy (non-hydrogen) atoms. The van der Waals surface area contributed by atoms with Gasteiger partial charge in [-0.2, -0.15) is 0 Å². The minimum Gasteiger partial charge on any atom is -0.375 e. The number of thiazole rings is 1. The van der Waals surface area contributed by atoms with Gasteiger partial charge in [-0.15, -0.1) is 11.3 Å². The van der Waals surface area contributed by atoms with Gasteiger partial charge in [0.25, 0.3) is 5.91 Å². The molecule has 116 valence electrons. The lowest BCUT2D eigenvalue weighted by Gasteiger charge is -2.14. The summed E-state index contributed by atoms with van der Waals surface area (Å²) in [5, 5.41) is 8.60. The molecule has 1 aliphatic rings. The normalized spacial score (nSPS) is 18.6. The van der Waals surface area contributed by atoms with E-state index < -0.39 is 0 Å². The third-order valence-electron chi connectivity index (χ3n) is 3.48. The Labute approximate surface area is 133 Å². The van der Waals surface area contributed by atoms with Gasteiger partial charge in [0.15, 0.2) is 5.01 Å². The zero-order valence-corrected chi connectivity index (χ0v) is 13.1. The van der Waals surface area contributed by atoms with Crippen LogP contribution in [-0.2, 0) is 4.74 Å². The Bertz CT molecular complexity index is 607. The second-order valence-corrected chi connectivity index (χ2v) is 6.02. The van der Waals surface area contributed by atoms with Crippen molar-refractivity contribution in [1.82, 2.24) is 15.6 Å². The van der Waals surface area contributed by atoms with Gasteiger partial charge in [0.2, 0.25) is 0 Å². The summed E-state index contributed by atoms with van der Waals surface area (Å²) in [6.45, 7) is 2.99. The zero-order chi connectivity index (χ0) is 15.2. The van der Waals surface area contributed by atoms with Gasteiger partial charge in [-0.25, -0.2) is 4.98 Å². The maximum Gasteiger partial charge on any atom is 0.280 e. The molecule has 1 unspecified atom stereocenters. The summed E-state index contributed by atoms with van der Waals surface area (Å²) in [5.41, 5.74) is 1.86. The molecule has 1 aromatic heterocycles. The van der Waals surface area contributed by atoms with E-state index in [0.29, 0.717) is 11.6 Å². The fourth-order valence-corrected chi connectivity index (χ4v) is 3.04. The largest absolute Gasteiger partial charge is 0.375 e. The number of hydrogen-bond acceptors (Lipinski definition) is 5. The van der Waals surface area contributed by atoms with E-state index in [-0.39, 0.29) is 12.0 Å². The van der Waals surface area contributed by atoms with Crippen LogP contribution in [-0.4, -0.2) is 43.2 Å². The molecule has 2 N–H and O–H groups in total. The van der Waals surface area contributed by atoms with Gasteiger partial charge in [0.05, 0.1) is 11.8 Å². The Hall–Kier alpha value is -1.76. The van der Waals surface area contributed by atoms with E-state index in [2.05, 4.69) is 15.6 Å². The number of rotatable bonds is 4. The maximum absolute atomic E-state index is 12.2. The van der Waals surface area contributed by atoms with Crippen LogP contribution < -0.4 is 10.6 Å². The number of hydrogen-bond donors (Lipinski definition) is 2. The third-order valence-corrected chi connectivity index (χ3v) is 4.32. The molecular formula is C16H19N3O2S. The number of aromatic nitrogens is 1. The van der Waals surface area contributed by atoms with Crippen molar-refractivity contribution in [3.05, 3.63) is 40.7 Å². The fourth-order valence-electron chi connectivity index (χ4n) is 2.30. The lowest BCUT2D eigenvalue weighted by Crippen LogP contribution is -2.38. The van der Waals surface area contributed by atoms with Crippen LogP contribution in [0.2, 0.25) is 0 Å². The van der Waals surface area contributed by atoms with Crippen LogP contribution in [0.4, 0.5) is 0 Å². The predicted octanol–water partition coefficient (Wildman–Crippen LogP) is 1.92. The standard InChI is InChI=1S/C16H19N3O2S/c20-15(18-10-13-9-17-7-4-8-21-13)16-19-14(11-22-16)12-5-2-1-3-6-12/h1-3,5-6,11,13,17H,4,7-10H2,(H,18,20). The van der Waals surface area contributed by atoms with Crippen molar-refractivity contribution in [2.45, 2.75) is 12.5 Å². The summed E-state index contributed by atoms with van der Waals surface area (Å²) in [6, 6.07) is 9.86. The van der Waals surface area contributed by atoms with Crippen LogP contribution in [0, 0.1) is 0 Å². The van der Waals surface area contributed by atoms with Crippen LogP contribution in [0.15, 0.2) is 35.7 Å². The lowest BCUT2D eigenvalue weighted by atomic mass is 10.2. The molecule has 0 saturated carbocycles. The number of benzene rings is 1. The first-order valence-corrected chi connectivity index (χ1v) is 8.32. The number of carbonyl (C=O) groups excluding carboxylic acids is 1. The molecule has 3 rings (SSSR count). The van der Waals surface area contributed by atoms with Crippen molar-refractivity contribution in [1.29, 1.82) is 0 Å². The minimum absolute atomic E-state index is 0.0278. The van der Waals surface area contributed by atoms with Crippen molar-refractivity contribution >= 4 is 17.2 Å². The molecule has 1 amide bonds. The van der Waals surface area contributed by atoms with Gasteiger partial charge < -0.3 is 15.4 Å². The summed E-state index contributed by atoms with van der Waals surface area (Å²) in [6.07, 6.45) is 1.04. The highest BCUT2D eigenvalue weighted by Gasteiger charge is 2.16. The predicted molar refractivity (Wildman–Crippen MR) is 87.1 cm³/mol. The minimum atomic E-state index is -0.139. The molecular weight excluding hydrogens is 298 g/mol. The molecule has 1 fully saturated rings. The molecule has 1 aromatic carbocycles. The van der Waals surface area contributed by atoms with E-state index in [4.69, 9.17) is 4.74 Å². The molecule has 1 saturated heterocycles. The molecule has 2 aromatic rings. The maximum atomic E-state index is 12.2. The SMILES string of the molecule is O=C(NCC1CNCCCO1)c1nc(-c2ccccc2)cs1. The van der Waals surface area contributed by atoms with Gasteiger partial charge >= 0.3 is 0 Å². The molecule has 0 radical (unpaired) electrons.